The molecule has 0 spiro atoms. The van der Waals surface area contributed by atoms with Crippen LogP contribution in [0.1, 0.15) is 25.2 Å². The summed E-state index contributed by atoms with van der Waals surface area (Å²) in [6.07, 6.45) is 1.52. The van der Waals surface area contributed by atoms with Crippen molar-refractivity contribution >= 4 is 54.9 Å². The standard InChI is InChI=1S/C20H17Br2N3O4/c1-4-28-18-7-13(16(22)9-19(18)29-12(3)26)10-23-25-11(2)24-17-6-5-14(21)8-15(17)20(25)27/h5-10H,4H2,1-3H3. The van der Waals surface area contributed by atoms with Crippen molar-refractivity contribution in [3.63, 3.8) is 0 Å². The topological polar surface area (TPSA) is 82.8 Å². The predicted molar refractivity (Wildman–Crippen MR) is 118 cm³/mol. The molecule has 1 aromatic heterocycles. The number of halogens is 2. The number of fused-ring (bicyclic) bond motifs is 1. The first-order valence-electron chi connectivity index (χ1n) is 8.68. The summed E-state index contributed by atoms with van der Waals surface area (Å²) in [5.41, 5.74) is 0.973. The lowest BCUT2D eigenvalue weighted by Crippen LogP contribution is -2.20. The van der Waals surface area contributed by atoms with Gasteiger partial charge in [-0.05, 0) is 60.1 Å². The fraction of sp³-hybridized carbons (Fsp3) is 0.200. The lowest BCUT2D eigenvalue weighted by Gasteiger charge is -2.12. The van der Waals surface area contributed by atoms with Gasteiger partial charge in [0.15, 0.2) is 11.5 Å². The molecule has 3 rings (SSSR count). The molecule has 1 heterocycles. The zero-order valence-corrected chi connectivity index (χ0v) is 19.1. The predicted octanol–water partition coefficient (Wildman–Crippen LogP) is 4.44. The maximum atomic E-state index is 12.8. The molecular formula is C20H17Br2N3O4. The van der Waals surface area contributed by atoms with Crippen molar-refractivity contribution in [2.24, 2.45) is 5.10 Å². The molecule has 0 amide bonds. The molecule has 29 heavy (non-hydrogen) atoms. The third-order valence-corrected chi connectivity index (χ3v) is 5.08. The van der Waals surface area contributed by atoms with Crippen molar-refractivity contribution < 1.29 is 14.3 Å². The molecular weight excluding hydrogens is 506 g/mol. The molecule has 7 nitrogen and oxygen atoms in total. The molecule has 0 aliphatic heterocycles. The first-order valence-corrected chi connectivity index (χ1v) is 10.3. The second-order valence-electron chi connectivity index (χ2n) is 6.03. The molecule has 0 atom stereocenters. The molecule has 0 aliphatic carbocycles. The van der Waals surface area contributed by atoms with Crippen molar-refractivity contribution in [2.45, 2.75) is 20.8 Å². The van der Waals surface area contributed by atoms with Gasteiger partial charge in [0.25, 0.3) is 5.56 Å². The SMILES string of the molecule is CCOc1cc(C=Nn2c(C)nc3ccc(Br)cc3c2=O)c(Br)cc1OC(C)=O. The highest BCUT2D eigenvalue weighted by Gasteiger charge is 2.13. The van der Waals surface area contributed by atoms with Gasteiger partial charge in [0.1, 0.15) is 5.82 Å². The molecule has 2 aromatic carbocycles. The molecule has 150 valence electrons. The maximum Gasteiger partial charge on any atom is 0.308 e. The molecule has 9 heteroatoms. The van der Waals surface area contributed by atoms with Crippen molar-refractivity contribution in [1.29, 1.82) is 0 Å². The van der Waals surface area contributed by atoms with Gasteiger partial charge in [-0.15, -0.1) is 0 Å². The largest absolute Gasteiger partial charge is 0.490 e. The highest BCUT2D eigenvalue weighted by Crippen LogP contribution is 2.33. The van der Waals surface area contributed by atoms with Gasteiger partial charge in [0.05, 0.1) is 23.7 Å². The Morgan fingerprint density at radius 2 is 2.00 bits per heavy atom. The van der Waals surface area contributed by atoms with Crippen LogP contribution in [0, 0.1) is 6.92 Å². The lowest BCUT2D eigenvalue weighted by molar-refractivity contribution is -0.132. The number of carbonyl (C=O) groups excluding carboxylic acids is 1. The Kier molecular flexibility index (Phi) is 6.49. The Morgan fingerprint density at radius 1 is 1.24 bits per heavy atom. The summed E-state index contributed by atoms with van der Waals surface area (Å²) in [6.45, 7) is 5.26. The maximum absolute atomic E-state index is 12.8. The number of hydrogen-bond acceptors (Lipinski definition) is 6. The van der Waals surface area contributed by atoms with Crippen LogP contribution in [0.25, 0.3) is 10.9 Å². The van der Waals surface area contributed by atoms with Gasteiger partial charge in [0.2, 0.25) is 0 Å². The number of rotatable bonds is 5. The highest BCUT2D eigenvalue weighted by molar-refractivity contribution is 9.10. The number of aromatic nitrogens is 2. The summed E-state index contributed by atoms with van der Waals surface area (Å²) in [6, 6.07) is 8.63. The molecule has 0 radical (unpaired) electrons. The van der Waals surface area contributed by atoms with Gasteiger partial charge in [-0.1, -0.05) is 15.9 Å². The summed E-state index contributed by atoms with van der Waals surface area (Å²) in [5.74, 6) is 0.708. The van der Waals surface area contributed by atoms with Crippen LogP contribution in [0.5, 0.6) is 11.5 Å². The first kappa shape index (κ1) is 21.2. The van der Waals surface area contributed by atoms with Crippen LogP contribution >= 0.6 is 31.9 Å². The Hall–Kier alpha value is -2.52. The average Bonchev–Trinajstić information content (AvgIpc) is 2.65. The van der Waals surface area contributed by atoms with Crippen molar-refractivity contribution in [3.8, 4) is 11.5 Å². The number of hydrogen-bond donors (Lipinski definition) is 0. The first-order chi connectivity index (χ1) is 13.8. The minimum atomic E-state index is -0.449. The van der Waals surface area contributed by atoms with Crippen molar-refractivity contribution in [3.05, 3.63) is 61.0 Å². The van der Waals surface area contributed by atoms with E-state index in [0.717, 1.165) is 4.47 Å². The molecule has 0 saturated heterocycles. The van der Waals surface area contributed by atoms with Gasteiger partial charge >= 0.3 is 5.97 Å². The van der Waals surface area contributed by atoms with Gasteiger partial charge < -0.3 is 9.47 Å². The van der Waals surface area contributed by atoms with Gasteiger partial charge in [-0.25, -0.2) is 4.98 Å². The average molecular weight is 523 g/mol. The summed E-state index contributed by atoms with van der Waals surface area (Å²) in [5, 5.41) is 4.78. The van der Waals surface area contributed by atoms with Crippen LogP contribution < -0.4 is 15.0 Å². The summed E-state index contributed by atoms with van der Waals surface area (Å²) in [7, 11) is 0. The van der Waals surface area contributed by atoms with Crippen LogP contribution in [-0.2, 0) is 4.79 Å². The summed E-state index contributed by atoms with van der Waals surface area (Å²) < 4.78 is 13.4. The van der Waals surface area contributed by atoms with E-state index < -0.39 is 5.97 Å². The third-order valence-electron chi connectivity index (χ3n) is 3.90. The Morgan fingerprint density at radius 3 is 2.69 bits per heavy atom. The lowest BCUT2D eigenvalue weighted by atomic mass is 10.2. The van der Waals surface area contributed by atoms with E-state index in [1.807, 2.05) is 13.0 Å². The molecule has 0 N–H and O–H groups in total. The molecule has 3 aromatic rings. The van der Waals surface area contributed by atoms with E-state index in [9.17, 15) is 9.59 Å². The highest BCUT2D eigenvalue weighted by atomic mass is 79.9. The monoisotopic (exact) mass is 521 g/mol. The van der Waals surface area contributed by atoms with E-state index in [0.29, 0.717) is 44.9 Å². The number of aryl methyl sites for hydroxylation is 1. The van der Waals surface area contributed by atoms with Gasteiger partial charge in [-0.2, -0.15) is 9.78 Å². The van der Waals surface area contributed by atoms with Crippen molar-refractivity contribution in [2.75, 3.05) is 6.61 Å². The zero-order chi connectivity index (χ0) is 21.1. The fourth-order valence-corrected chi connectivity index (χ4v) is 3.45. The van der Waals surface area contributed by atoms with Gasteiger partial charge in [0, 0.05) is 21.4 Å². The number of benzene rings is 2. The summed E-state index contributed by atoms with van der Waals surface area (Å²) >= 11 is 6.81. The molecule has 0 fully saturated rings. The Labute approximate surface area is 183 Å². The van der Waals surface area contributed by atoms with Crippen LogP contribution in [0.4, 0.5) is 0 Å². The fourth-order valence-electron chi connectivity index (χ4n) is 2.67. The molecule has 0 saturated carbocycles. The molecule has 0 aliphatic rings. The van der Waals surface area contributed by atoms with E-state index in [4.69, 9.17) is 9.47 Å². The minimum Gasteiger partial charge on any atom is -0.490 e. The Balaban J connectivity index is 2.07. The van der Waals surface area contributed by atoms with E-state index >= 15 is 0 Å². The zero-order valence-electron chi connectivity index (χ0n) is 15.9. The van der Waals surface area contributed by atoms with E-state index in [1.165, 1.54) is 17.8 Å². The van der Waals surface area contributed by atoms with Crippen LogP contribution in [0.15, 0.2) is 49.2 Å². The van der Waals surface area contributed by atoms with Gasteiger partial charge in [-0.3, -0.25) is 9.59 Å². The van der Waals surface area contributed by atoms with Crippen LogP contribution in [-0.4, -0.2) is 28.5 Å². The van der Waals surface area contributed by atoms with E-state index in [1.54, 1.807) is 31.2 Å². The second kappa shape index (κ2) is 8.87. The van der Waals surface area contributed by atoms with Crippen LogP contribution in [0.3, 0.4) is 0 Å². The Bertz CT molecular complexity index is 1190. The van der Waals surface area contributed by atoms with E-state index in [-0.39, 0.29) is 5.56 Å². The number of ether oxygens (including phenoxy) is 2. The number of nitrogens with zero attached hydrogens (tertiary/aromatic N) is 3. The normalized spacial score (nSPS) is 11.2. The molecule has 0 bridgehead atoms. The third kappa shape index (κ3) is 4.73. The smallest absolute Gasteiger partial charge is 0.308 e. The quantitative estimate of drug-likeness (QED) is 0.281. The van der Waals surface area contributed by atoms with Crippen molar-refractivity contribution in [1.82, 2.24) is 9.66 Å². The van der Waals surface area contributed by atoms with E-state index in [2.05, 4.69) is 41.9 Å². The second-order valence-corrected chi connectivity index (χ2v) is 7.80. The summed E-state index contributed by atoms with van der Waals surface area (Å²) in [4.78, 5) is 28.6. The number of esters is 1. The van der Waals surface area contributed by atoms with Crippen LogP contribution in [0.2, 0.25) is 0 Å². The number of carbonyl (C=O) groups is 1. The minimum absolute atomic E-state index is 0.275. The molecule has 0 unspecified atom stereocenters.